The molecule has 1 saturated carbocycles. The summed E-state index contributed by atoms with van der Waals surface area (Å²) in [7, 11) is 2.26. The van der Waals surface area contributed by atoms with Crippen molar-refractivity contribution in [1.29, 1.82) is 0 Å². The average molecular weight is 256 g/mol. The molecule has 0 aromatic carbocycles. The number of hydrogen-bond acceptors (Lipinski definition) is 3. The van der Waals surface area contributed by atoms with Crippen LogP contribution in [0.1, 0.15) is 58.8 Å². The summed E-state index contributed by atoms with van der Waals surface area (Å²) in [5.74, 6) is 0. The largest absolute Gasteiger partial charge is 0.394 e. The average Bonchev–Trinajstić information content (AvgIpc) is 2.40. The van der Waals surface area contributed by atoms with Gasteiger partial charge in [-0.25, -0.2) is 0 Å². The number of nitrogens with zero attached hydrogens (tertiary/aromatic N) is 1. The van der Waals surface area contributed by atoms with Gasteiger partial charge in [-0.3, -0.25) is 0 Å². The van der Waals surface area contributed by atoms with Crippen LogP contribution in [0.25, 0.3) is 0 Å². The van der Waals surface area contributed by atoms with Gasteiger partial charge in [0.25, 0.3) is 0 Å². The lowest BCUT2D eigenvalue weighted by atomic mass is 9.93. The van der Waals surface area contributed by atoms with E-state index in [1.807, 2.05) is 0 Å². The predicted octanol–water partition coefficient (Wildman–Crippen LogP) is 2.39. The van der Waals surface area contributed by atoms with Gasteiger partial charge in [0.15, 0.2) is 0 Å². The smallest absolute Gasteiger partial charge is 0.0610 e. The van der Waals surface area contributed by atoms with Gasteiger partial charge in [0.05, 0.1) is 6.61 Å². The van der Waals surface area contributed by atoms with E-state index >= 15 is 0 Å². The normalized spacial score (nSPS) is 21.2. The van der Waals surface area contributed by atoms with Crippen LogP contribution in [0.2, 0.25) is 0 Å². The fraction of sp³-hybridized carbons (Fsp3) is 1.00. The maximum Gasteiger partial charge on any atom is 0.0610 e. The van der Waals surface area contributed by atoms with Crippen molar-refractivity contribution >= 4 is 0 Å². The zero-order chi connectivity index (χ0) is 13.4. The Morgan fingerprint density at radius 3 is 2.50 bits per heavy atom. The van der Waals surface area contributed by atoms with E-state index in [0.29, 0.717) is 0 Å². The Balaban J connectivity index is 2.22. The molecule has 18 heavy (non-hydrogen) atoms. The SMILES string of the molecule is CCNC(C)(CO)CCCN(C)C1CCCCC1. The number of hydrogen-bond donors (Lipinski definition) is 2. The number of likely N-dealkylation sites (N-methyl/N-ethyl adjacent to an activating group) is 1. The predicted molar refractivity (Wildman–Crippen MR) is 77.9 cm³/mol. The van der Waals surface area contributed by atoms with Crippen molar-refractivity contribution in [1.82, 2.24) is 10.2 Å². The fourth-order valence-corrected chi connectivity index (χ4v) is 3.07. The lowest BCUT2D eigenvalue weighted by molar-refractivity contribution is 0.148. The van der Waals surface area contributed by atoms with E-state index in [1.165, 1.54) is 32.1 Å². The highest BCUT2D eigenvalue weighted by molar-refractivity contribution is 4.82. The van der Waals surface area contributed by atoms with E-state index in [4.69, 9.17) is 0 Å². The molecule has 0 radical (unpaired) electrons. The van der Waals surface area contributed by atoms with Crippen molar-refractivity contribution in [3.8, 4) is 0 Å². The molecule has 1 aliphatic carbocycles. The Morgan fingerprint density at radius 1 is 1.28 bits per heavy atom. The number of aliphatic hydroxyl groups excluding tert-OH is 1. The Labute approximate surface area is 113 Å². The molecule has 0 bridgehead atoms. The Bertz CT molecular complexity index is 217. The van der Waals surface area contributed by atoms with E-state index in [2.05, 4.69) is 31.1 Å². The van der Waals surface area contributed by atoms with Crippen LogP contribution in [0.4, 0.5) is 0 Å². The summed E-state index contributed by atoms with van der Waals surface area (Å²) < 4.78 is 0. The zero-order valence-corrected chi connectivity index (χ0v) is 12.5. The molecule has 0 aromatic rings. The molecule has 1 fully saturated rings. The summed E-state index contributed by atoms with van der Waals surface area (Å²) in [5.41, 5.74) is -0.0951. The highest BCUT2D eigenvalue weighted by atomic mass is 16.3. The number of nitrogens with one attached hydrogen (secondary N) is 1. The highest BCUT2D eigenvalue weighted by Crippen LogP contribution is 2.22. The van der Waals surface area contributed by atoms with E-state index in [9.17, 15) is 5.11 Å². The topological polar surface area (TPSA) is 35.5 Å². The maximum atomic E-state index is 9.45. The molecule has 0 amide bonds. The monoisotopic (exact) mass is 256 g/mol. The van der Waals surface area contributed by atoms with Crippen LogP contribution in [0.5, 0.6) is 0 Å². The number of rotatable bonds is 8. The van der Waals surface area contributed by atoms with Gasteiger partial charge >= 0.3 is 0 Å². The van der Waals surface area contributed by atoms with Crippen LogP contribution >= 0.6 is 0 Å². The molecule has 0 aromatic heterocycles. The quantitative estimate of drug-likeness (QED) is 0.700. The molecule has 1 unspecified atom stereocenters. The summed E-state index contributed by atoms with van der Waals surface area (Å²) in [5, 5.41) is 12.8. The van der Waals surface area contributed by atoms with E-state index in [-0.39, 0.29) is 12.1 Å². The van der Waals surface area contributed by atoms with Crippen LogP contribution in [-0.4, -0.2) is 48.3 Å². The van der Waals surface area contributed by atoms with Gasteiger partial charge in [0, 0.05) is 11.6 Å². The van der Waals surface area contributed by atoms with Crippen molar-refractivity contribution in [2.75, 3.05) is 26.7 Å². The summed E-state index contributed by atoms with van der Waals surface area (Å²) in [4.78, 5) is 2.53. The first kappa shape index (κ1) is 15.9. The van der Waals surface area contributed by atoms with Gasteiger partial charge in [0.1, 0.15) is 0 Å². The van der Waals surface area contributed by atoms with Crippen LogP contribution in [0.3, 0.4) is 0 Å². The van der Waals surface area contributed by atoms with Crippen LogP contribution in [0.15, 0.2) is 0 Å². The minimum absolute atomic E-state index is 0.0951. The van der Waals surface area contributed by atoms with E-state index < -0.39 is 0 Å². The fourth-order valence-electron chi connectivity index (χ4n) is 3.07. The summed E-state index contributed by atoms with van der Waals surface area (Å²) >= 11 is 0. The number of aliphatic hydroxyl groups is 1. The molecule has 1 atom stereocenters. The summed E-state index contributed by atoms with van der Waals surface area (Å²) in [6, 6.07) is 0.804. The molecular weight excluding hydrogens is 224 g/mol. The molecule has 1 rings (SSSR count). The second-order valence-electron chi connectivity index (χ2n) is 6.13. The molecule has 0 saturated heterocycles. The second kappa shape index (κ2) is 8.13. The first-order chi connectivity index (χ1) is 8.61. The van der Waals surface area contributed by atoms with Gasteiger partial charge in [0.2, 0.25) is 0 Å². The lowest BCUT2D eigenvalue weighted by Gasteiger charge is -2.33. The molecule has 3 nitrogen and oxygen atoms in total. The van der Waals surface area contributed by atoms with Crippen molar-refractivity contribution in [2.24, 2.45) is 0 Å². The second-order valence-corrected chi connectivity index (χ2v) is 6.13. The van der Waals surface area contributed by atoms with Gasteiger partial charge < -0.3 is 15.3 Å². The third-order valence-corrected chi connectivity index (χ3v) is 4.39. The van der Waals surface area contributed by atoms with Crippen molar-refractivity contribution < 1.29 is 5.11 Å². The lowest BCUT2D eigenvalue weighted by Crippen LogP contribution is -2.46. The van der Waals surface area contributed by atoms with E-state index in [1.54, 1.807) is 0 Å². The molecule has 3 heteroatoms. The van der Waals surface area contributed by atoms with Gasteiger partial charge in [-0.05, 0) is 52.7 Å². The molecule has 108 valence electrons. The molecule has 0 heterocycles. The molecule has 2 N–H and O–H groups in total. The summed E-state index contributed by atoms with van der Waals surface area (Å²) in [6.07, 6.45) is 9.20. The van der Waals surface area contributed by atoms with Crippen molar-refractivity contribution in [3.05, 3.63) is 0 Å². The van der Waals surface area contributed by atoms with Crippen LogP contribution < -0.4 is 5.32 Å². The van der Waals surface area contributed by atoms with Crippen LogP contribution in [0, 0.1) is 0 Å². The first-order valence-corrected chi connectivity index (χ1v) is 7.67. The molecular formula is C15H32N2O. The van der Waals surface area contributed by atoms with Gasteiger partial charge in [-0.1, -0.05) is 26.2 Å². The Hall–Kier alpha value is -0.120. The van der Waals surface area contributed by atoms with Gasteiger partial charge in [-0.2, -0.15) is 0 Å². The van der Waals surface area contributed by atoms with E-state index in [0.717, 1.165) is 32.0 Å². The standard InChI is InChI=1S/C15H32N2O/c1-4-16-15(2,13-18)11-8-12-17(3)14-9-6-5-7-10-14/h14,16,18H,4-13H2,1-3H3. The van der Waals surface area contributed by atoms with Gasteiger partial charge in [-0.15, -0.1) is 0 Å². The Kier molecular flexibility index (Phi) is 7.20. The third kappa shape index (κ3) is 5.25. The minimum atomic E-state index is -0.0951. The molecule has 0 spiro atoms. The first-order valence-electron chi connectivity index (χ1n) is 7.67. The van der Waals surface area contributed by atoms with Crippen molar-refractivity contribution in [3.63, 3.8) is 0 Å². The summed E-state index contributed by atoms with van der Waals surface area (Å²) in [6.45, 7) is 6.54. The minimum Gasteiger partial charge on any atom is -0.394 e. The maximum absolute atomic E-state index is 9.45. The zero-order valence-electron chi connectivity index (χ0n) is 12.5. The molecule has 0 aliphatic heterocycles. The molecule has 1 aliphatic rings. The Morgan fingerprint density at radius 2 is 1.94 bits per heavy atom. The third-order valence-electron chi connectivity index (χ3n) is 4.39. The van der Waals surface area contributed by atoms with Crippen LogP contribution in [-0.2, 0) is 0 Å². The highest BCUT2D eigenvalue weighted by Gasteiger charge is 2.22. The van der Waals surface area contributed by atoms with Crippen molar-refractivity contribution in [2.45, 2.75) is 70.4 Å².